The van der Waals surface area contributed by atoms with Crippen LogP contribution in [0.1, 0.15) is 33.1 Å². The van der Waals surface area contributed by atoms with Gasteiger partial charge in [-0.2, -0.15) is 11.8 Å². The Balaban J connectivity index is 1.68. The standard InChI is InChI=1S/C13H25NO2S/c1-13(2)5-7-14(8-11-17-13)6-4-12-15-9-3-10-16-12/h12H,3-11H2,1-2H3. The van der Waals surface area contributed by atoms with Gasteiger partial charge in [0.25, 0.3) is 0 Å². The lowest BCUT2D eigenvalue weighted by molar-refractivity contribution is -0.182. The largest absolute Gasteiger partial charge is 0.353 e. The lowest BCUT2D eigenvalue weighted by Crippen LogP contribution is -2.33. The Morgan fingerprint density at radius 1 is 1.24 bits per heavy atom. The second-order valence-electron chi connectivity index (χ2n) is 5.51. The minimum absolute atomic E-state index is 0.0488. The zero-order valence-electron chi connectivity index (χ0n) is 11.1. The first-order valence-corrected chi connectivity index (χ1v) is 7.74. The summed E-state index contributed by atoms with van der Waals surface area (Å²) < 4.78 is 11.6. The Labute approximate surface area is 109 Å². The molecule has 0 unspecified atom stereocenters. The Kier molecular flexibility index (Phi) is 5.15. The highest BCUT2D eigenvalue weighted by molar-refractivity contribution is 8.00. The minimum Gasteiger partial charge on any atom is -0.353 e. The maximum absolute atomic E-state index is 5.59. The van der Waals surface area contributed by atoms with Crippen LogP contribution in [0, 0.1) is 0 Å². The lowest BCUT2D eigenvalue weighted by Gasteiger charge is -2.27. The van der Waals surface area contributed by atoms with Gasteiger partial charge in [-0.25, -0.2) is 0 Å². The van der Waals surface area contributed by atoms with Gasteiger partial charge in [-0.05, 0) is 19.4 Å². The minimum atomic E-state index is 0.0488. The predicted octanol–water partition coefficient (Wildman–Crippen LogP) is 2.36. The van der Waals surface area contributed by atoms with Gasteiger partial charge in [-0.15, -0.1) is 0 Å². The van der Waals surface area contributed by atoms with Crippen LogP contribution in [0.5, 0.6) is 0 Å². The van der Waals surface area contributed by atoms with Crippen LogP contribution in [-0.2, 0) is 9.47 Å². The van der Waals surface area contributed by atoms with E-state index in [9.17, 15) is 0 Å². The smallest absolute Gasteiger partial charge is 0.158 e. The van der Waals surface area contributed by atoms with E-state index in [1.807, 2.05) is 0 Å². The summed E-state index contributed by atoms with van der Waals surface area (Å²) in [5, 5.41) is 0. The summed E-state index contributed by atoms with van der Waals surface area (Å²) in [7, 11) is 0. The van der Waals surface area contributed by atoms with E-state index in [0.717, 1.165) is 32.6 Å². The third-order valence-corrected chi connectivity index (χ3v) is 4.88. The Morgan fingerprint density at radius 2 is 2.00 bits per heavy atom. The Hall–Kier alpha value is 0.230. The summed E-state index contributed by atoms with van der Waals surface area (Å²) in [6.07, 6.45) is 3.40. The fourth-order valence-corrected chi connectivity index (χ4v) is 3.41. The summed E-state index contributed by atoms with van der Waals surface area (Å²) in [6.45, 7) is 9.99. The van der Waals surface area contributed by atoms with E-state index in [4.69, 9.17) is 9.47 Å². The van der Waals surface area contributed by atoms with E-state index >= 15 is 0 Å². The van der Waals surface area contributed by atoms with Gasteiger partial charge in [0.2, 0.25) is 0 Å². The van der Waals surface area contributed by atoms with Crippen LogP contribution in [0.25, 0.3) is 0 Å². The highest BCUT2D eigenvalue weighted by atomic mass is 32.2. The maximum atomic E-state index is 5.59. The molecule has 0 saturated carbocycles. The Morgan fingerprint density at radius 3 is 2.76 bits per heavy atom. The van der Waals surface area contributed by atoms with Crippen LogP contribution >= 0.6 is 11.8 Å². The fraction of sp³-hybridized carbons (Fsp3) is 1.00. The van der Waals surface area contributed by atoms with E-state index < -0.39 is 0 Å². The Bertz CT molecular complexity index is 229. The predicted molar refractivity (Wildman–Crippen MR) is 72.5 cm³/mol. The molecule has 4 heteroatoms. The third-order valence-electron chi connectivity index (χ3n) is 3.51. The summed E-state index contributed by atoms with van der Waals surface area (Å²) in [4.78, 5) is 2.56. The molecule has 2 rings (SSSR count). The highest BCUT2D eigenvalue weighted by Crippen LogP contribution is 2.30. The maximum Gasteiger partial charge on any atom is 0.158 e. The molecule has 2 fully saturated rings. The molecule has 0 aromatic carbocycles. The molecular weight excluding hydrogens is 234 g/mol. The van der Waals surface area contributed by atoms with Crippen molar-refractivity contribution in [3.8, 4) is 0 Å². The van der Waals surface area contributed by atoms with Gasteiger partial charge < -0.3 is 14.4 Å². The molecule has 17 heavy (non-hydrogen) atoms. The summed E-state index contributed by atoms with van der Waals surface area (Å²) >= 11 is 2.10. The van der Waals surface area contributed by atoms with Crippen molar-refractivity contribution in [1.29, 1.82) is 0 Å². The van der Waals surface area contributed by atoms with Crippen molar-refractivity contribution in [2.24, 2.45) is 0 Å². The summed E-state index contributed by atoms with van der Waals surface area (Å²) in [5.74, 6) is 1.25. The van der Waals surface area contributed by atoms with Crippen molar-refractivity contribution in [1.82, 2.24) is 4.90 Å². The first kappa shape index (κ1) is 13.7. The van der Waals surface area contributed by atoms with Gasteiger partial charge in [-0.3, -0.25) is 0 Å². The number of thioether (sulfide) groups is 1. The summed E-state index contributed by atoms with van der Waals surface area (Å²) in [6, 6.07) is 0. The van der Waals surface area contributed by atoms with Crippen LogP contribution in [0.2, 0.25) is 0 Å². The molecule has 2 heterocycles. The highest BCUT2D eigenvalue weighted by Gasteiger charge is 2.24. The van der Waals surface area contributed by atoms with Crippen LogP contribution in [-0.4, -0.2) is 54.5 Å². The molecule has 0 bridgehead atoms. The molecule has 0 amide bonds. The molecule has 2 saturated heterocycles. The molecule has 0 aromatic heterocycles. The van der Waals surface area contributed by atoms with Crippen molar-refractivity contribution >= 4 is 11.8 Å². The van der Waals surface area contributed by atoms with Crippen molar-refractivity contribution in [2.75, 3.05) is 38.6 Å². The first-order chi connectivity index (χ1) is 8.16. The van der Waals surface area contributed by atoms with Crippen LogP contribution in [0.4, 0.5) is 0 Å². The lowest BCUT2D eigenvalue weighted by atomic mass is 10.1. The zero-order chi connectivity index (χ0) is 12.1. The molecule has 3 nitrogen and oxygen atoms in total. The van der Waals surface area contributed by atoms with Crippen molar-refractivity contribution in [2.45, 2.75) is 44.1 Å². The number of ether oxygens (including phenoxy) is 2. The molecular formula is C13H25NO2S. The van der Waals surface area contributed by atoms with Gasteiger partial charge in [-0.1, -0.05) is 13.8 Å². The van der Waals surface area contributed by atoms with Crippen molar-refractivity contribution in [3.05, 3.63) is 0 Å². The topological polar surface area (TPSA) is 21.7 Å². The van der Waals surface area contributed by atoms with Gasteiger partial charge in [0.1, 0.15) is 0 Å². The van der Waals surface area contributed by atoms with Gasteiger partial charge in [0.05, 0.1) is 13.2 Å². The van der Waals surface area contributed by atoms with Crippen molar-refractivity contribution < 1.29 is 9.47 Å². The summed E-state index contributed by atoms with van der Waals surface area (Å²) in [5.41, 5.74) is 0. The van der Waals surface area contributed by atoms with E-state index in [-0.39, 0.29) is 6.29 Å². The van der Waals surface area contributed by atoms with E-state index in [2.05, 4.69) is 30.5 Å². The SMILES string of the molecule is CC1(C)CCN(CCC2OCCCO2)CCS1. The fourth-order valence-electron chi connectivity index (χ4n) is 2.28. The third kappa shape index (κ3) is 4.78. The molecule has 0 atom stereocenters. The molecule has 2 aliphatic heterocycles. The van der Waals surface area contributed by atoms with Crippen LogP contribution in [0.3, 0.4) is 0 Å². The molecule has 0 aliphatic carbocycles. The molecule has 0 N–H and O–H groups in total. The number of rotatable bonds is 3. The number of hydrogen-bond acceptors (Lipinski definition) is 4. The quantitative estimate of drug-likeness (QED) is 0.775. The number of hydrogen-bond donors (Lipinski definition) is 0. The van der Waals surface area contributed by atoms with Gasteiger partial charge in [0, 0.05) is 30.0 Å². The molecule has 100 valence electrons. The number of nitrogens with zero attached hydrogens (tertiary/aromatic N) is 1. The van der Waals surface area contributed by atoms with Gasteiger partial charge >= 0.3 is 0 Å². The second kappa shape index (κ2) is 6.41. The van der Waals surface area contributed by atoms with Gasteiger partial charge in [0.15, 0.2) is 6.29 Å². The monoisotopic (exact) mass is 259 g/mol. The van der Waals surface area contributed by atoms with Crippen LogP contribution < -0.4 is 0 Å². The van der Waals surface area contributed by atoms with E-state index in [0.29, 0.717) is 4.75 Å². The zero-order valence-corrected chi connectivity index (χ0v) is 11.9. The van der Waals surface area contributed by atoms with Crippen molar-refractivity contribution in [3.63, 3.8) is 0 Å². The average molecular weight is 259 g/mol. The molecule has 2 aliphatic rings. The van der Waals surface area contributed by atoms with Crippen LogP contribution in [0.15, 0.2) is 0 Å². The van der Waals surface area contributed by atoms with E-state index in [1.54, 1.807) is 0 Å². The van der Waals surface area contributed by atoms with E-state index in [1.165, 1.54) is 25.3 Å². The molecule has 0 aromatic rings. The molecule has 0 radical (unpaired) electrons. The first-order valence-electron chi connectivity index (χ1n) is 6.75. The normalized spacial score (nSPS) is 27.9. The molecule has 0 spiro atoms. The average Bonchev–Trinajstić information content (AvgIpc) is 2.49. The second-order valence-corrected chi connectivity index (χ2v) is 7.32.